The van der Waals surface area contributed by atoms with Crippen LogP contribution >= 0.6 is 0 Å². The van der Waals surface area contributed by atoms with Crippen LogP contribution in [0.2, 0.25) is 0 Å². The molecule has 0 N–H and O–H groups in total. The number of aryl methyl sites for hydroxylation is 1. The van der Waals surface area contributed by atoms with Crippen LogP contribution in [0.5, 0.6) is 0 Å². The van der Waals surface area contributed by atoms with E-state index in [0.29, 0.717) is 12.8 Å². The number of rotatable bonds is 4. The summed E-state index contributed by atoms with van der Waals surface area (Å²) >= 11 is 0. The second-order valence-electron chi connectivity index (χ2n) is 5.89. The van der Waals surface area contributed by atoms with Gasteiger partial charge in [-0.05, 0) is 49.1 Å². The van der Waals surface area contributed by atoms with Gasteiger partial charge in [-0.1, -0.05) is 24.3 Å². The summed E-state index contributed by atoms with van der Waals surface area (Å²) in [6.45, 7) is 1.92. The number of sulfonamides is 1. The van der Waals surface area contributed by atoms with E-state index in [2.05, 4.69) is 0 Å². The molecule has 3 nitrogen and oxygen atoms in total. The Morgan fingerprint density at radius 2 is 1.74 bits per heavy atom. The highest BCUT2D eigenvalue weighted by Crippen LogP contribution is 2.53. The van der Waals surface area contributed by atoms with Crippen molar-refractivity contribution >= 4 is 10.0 Å². The Morgan fingerprint density at radius 1 is 1.09 bits per heavy atom. The Balaban J connectivity index is 2.08. The predicted octanol–water partition coefficient (Wildman–Crippen LogP) is 3.58. The molecule has 1 aliphatic rings. The predicted molar refractivity (Wildman–Crippen MR) is 83.4 cm³/mol. The van der Waals surface area contributed by atoms with Gasteiger partial charge in [0.1, 0.15) is 16.5 Å². The van der Waals surface area contributed by atoms with Crippen molar-refractivity contribution in [3.63, 3.8) is 0 Å². The SMILES string of the molecule is Cc1ccccc1C1(N(C)S(=O)(=O)c2cc(F)ccc2F)CC1. The summed E-state index contributed by atoms with van der Waals surface area (Å²) in [5.74, 6) is -1.72. The topological polar surface area (TPSA) is 37.4 Å². The minimum atomic E-state index is -4.13. The number of hydrogen-bond acceptors (Lipinski definition) is 2. The number of hydrogen-bond donors (Lipinski definition) is 0. The van der Waals surface area contributed by atoms with E-state index in [9.17, 15) is 17.2 Å². The molecule has 0 radical (unpaired) electrons. The first-order valence-electron chi connectivity index (χ1n) is 7.29. The van der Waals surface area contributed by atoms with Gasteiger partial charge in [0, 0.05) is 7.05 Å². The van der Waals surface area contributed by atoms with Gasteiger partial charge in [-0.15, -0.1) is 0 Å². The van der Waals surface area contributed by atoms with Gasteiger partial charge in [-0.25, -0.2) is 17.2 Å². The molecule has 3 rings (SSSR count). The minimum absolute atomic E-state index is 0.625. The van der Waals surface area contributed by atoms with Gasteiger partial charge < -0.3 is 0 Å². The molecule has 1 saturated carbocycles. The molecule has 0 atom stereocenters. The summed E-state index contributed by atoms with van der Waals surface area (Å²) in [6.07, 6.45) is 1.31. The van der Waals surface area contributed by atoms with Gasteiger partial charge in [-0.2, -0.15) is 4.31 Å². The molecular weight excluding hydrogens is 320 g/mol. The lowest BCUT2D eigenvalue weighted by atomic mass is 10.00. The Labute approximate surface area is 134 Å². The van der Waals surface area contributed by atoms with Crippen molar-refractivity contribution in [1.82, 2.24) is 4.31 Å². The van der Waals surface area contributed by atoms with Crippen LogP contribution in [0.1, 0.15) is 24.0 Å². The van der Waals surface area contributed by atoms with E-state index in [0.717, 1.165) is 29.3 Å². The molecule has 1 aliphatic carbocycles. The van der Waals surface area contributed by atoms with Gasteiger partial charge in [0.2, 0.25) is 10.0 Å². The van der Waals surface area contributed by atoms with Crippen LogP contribution in [0.4, 0.5) is 8.78 Å². The lowest BCUT2D eigenvalue weighted by Crippen LogP contribution is -2.38. The van der Waals surface area contributed by atoms with Crippen molar-refractivity contribution in [3.8, 4) is 0 Å². The lowest BCUT2D eigenvalue weighted by Gasteiger charge is -2.29. The fourth-order valence-electron chi connectivity index (χ4n) is 3.02. The molecule has 0 aliphatic heterocycles. The van der Waals surface area contributed by atoms with Crippen molar-refractivity contribution in [2.24, 2.45) is 0 Å². The van der Waals surface area contributed by atoms with Crippen molar-refractivity contribution in [2.45, 2.75) is 30.2 Å². The van der Waals surface area contributed by atoms with Crippen LogP contribution in [0.15, 0.2) is 47.4 Å². The highest BCUT2D eigenvalue weighted by atomic mass is 32.2. The van der Waals surface area contributed by atoms with E-state index in [1.54, 1.807) is 0 Å². The summed E-state index contributed by atoms with van der Waals surface area (Å²) in [5, 5.41) is 0. The Bertz CT molecular complexity index is 861. The normalized spacial score (nSPS) is 16.6. The average molecular weight is 337 g/mol. The van der Waals surface area contributed by atoms with Gasteiger partial charge >= 0.3 is 0 Å². The summed E-state index contributed by atoms with van der Waals surface area (Å²) in [4.78, 5) is -0.625. The fourth-order valence-corrected chi connectivity index (χ4v) is 4.63. The molecule has 0 spiro atoms. The maximum absolute atomic E-state index is 13.9. The zero-order valence-electron chi connectivity index (χ0n) is 12.9. The lowest BCUT2D eigenvalue weighted by molar-refractivity contribution is 0.352. The third-order valence-corrected chi connectivity index (χ3v) is 6.44. The molecule has 2 aromatic rings. The van der Waals surface area contributed by atoms with Crippen LogP contribution in [0.3, 0.4) is 0 Å². The second-order valence-corrected chi connectivity index (χ2v) is 7.83. The first kappa shape index (κ1) is 16.1. The summed E-state index contributed by atoms with van der Waals surface area (Å²) in [5.41, 5.74) is 1.21. The Kier molecular flexibility index (Phi) is 3.77. The summed E-state index contributed by atoms with van der Waals surface area (Å²) in [6, 6.07) is 10.0. The highest BCUT2D eigenvalue weighted by molar-refractivity contribution is 7.89. The molecular formula is C17H17F2NO2S. The van der Waals surface area contributed by atoms with Crippen molar-refractivity contribution in [1.29, 1.82) is 0 Å². The molecule has 0 heterocycles. The molecule has 0 amide bonds. The van der Waals surface area contributed by atoms with Gasteiger partial charge in [0.15, 0.2) is 0 Å². The second kappa shape index (κ2) is 5.39. The molecule has 1 fully saturated rings. The Morgan fingerprint density at radius 3 is 2.35 bits per heavy atom. The first-order chi connectivity index (χ1) is 10.8. The maximum atomic E-state index is 13.9. The molecule has 0 saturated heterocycles. The van der Waals surface area contributed by atoms with E-state index >= 15 is 0 Å². The fraction of sp³-hybridized carbons (Fsp3) is 0.294. The molecule has 0 aromatic heterocycles. The van der Waals surface area contributed by atoms with Crippen LogP contribution in [-0.4, -0.2) is 19.8 Å². The Hall–Kier alpha value is -1.79. The van der Waals surface area contributed by atoms with Gasteiger partial charge in [-0.3, -0.25) is 0 Å². The van der Waals surface area contributed by atoms with E-state index in [1.165, 1.54) is 11.4 Å². The van der Waals surface area contributed by atoms with Crippen LogP contribution in [0.25, 0.3) is 0 Å². The zero-order valence-corrected chi connectivity index (χ0v) is 13.7. The number of benzene rings is 2. The van der Waals surface area contributed by atoms with Gasteiger partial charge in [0.25, 0.3) is 0 Å². The van der Waals surface area contributed by atoms with E-state index in [4.69, 9.17) is 0 Å². The third-order valence-electron chi connectivity index (χ3n) is 4.50. The maximum Gasteiger partial charge on any atom is 0.246 e. The molecule has 122 valence electrons. The third kappa shape index (κ3) is 2.56. The van der Waals surface area contributed by atoms with Crippen molar-refractivity contribution < 1.29 is 17.2 Å². The van der Waals surface area contributed by atoms with Crippen molar-refractivity contribution in [2.75, 3.05) is 7.05 Å². The van der Waals surface area contributed by atoms with Crippen molar-refractivity contribution in [3.05, 3.63) is 65.2 Å². The highest BCUT2D eigenvalue weighted by Gasteiger charge is 2.53. The minimum Gasteiger partial charge on any atom is -0.207 e. The van der Waals surface area contributed by atoms with E-state index < -0.39 is 32.1 Å². The average Bonchev–Trinajstić information content (AvgIpc) is 3.30. The van der Waals surface area contributed by atoms with Crippen LogP contribution < -0.4 is 0 Å². The van der Waals surface area contributed by atoms with Crippen LogP contribution in [0, 0.1) is 18.6 Å². The zero-order chi connectivity index (χ0) is 16.8. The standard InChI is InChI=1S/C17H17F2NO2S/c1-12-5-3-4-6-14(12)17(9-10-17)20(2)23(21,22)16-11-13(18)7-8-15(16)19/h3-8,11H,9-10H2,1-2H3. The molecule has 0 unspecified atom stereocenters. The van der Waals surface area contributed by atoms with Crippen LogP contribution in [-0.2, 0) is 15.6 Å². The van der Waals surface area contributed by atoms with Gasteiger partial charge in [0.05, 0.1) is 5.54 Å². The van der Waals surface area contributed by atoms with E-state index in [-0.39, 0.29) is 0 Å². The first-order valence-corrected chi connectivity index (χ1v) is 8.73. The molecule has 0 bridgehead atoms. The molecule has 23 heavy (non-hydrogen) atoms. The summed E-state index contributed by atoms with van der Waals surface area (Å²) < 4.78 is 54.1. The number of halogens is 2. The smallest absolute Gasteiger partial charge is 0.207 e. The number of nitrogens with zero attached hydrogens (tertiary/aromatic N) is 1. The molecule has 6 heteroatoms. The monoisotopic (exact) mass is 337 g/mol. The molecule has 2 aromatic carbocycles. The summed E-state index contributed by atoms with van der Waals surface area (Å²) in [7, 11) is -2.70. The van der Waals surface area contributed by atoms with E-state index in [1.807, 2.05) is 31.2 Å². The largest absolute Gasteiger partial charge is 0.246 e. The quantitative estimate of drug-likeness (QED) is 0.855.